The standard InChI is InChI=1S/C16H21N3O2S2/c1-5-19-14(10-22-13-8-6-11(2)7-9-13)17-18-16(19)23-12(3)15(20)21-4/h6-9,12H,5,10H2,1-4H3. The van der Waals surface area contributed by atoms with Crippen LogP contribution in [0.1, 0.15) is 25.2 Å². The molecule has 2 rings (SSSR count). The zero-order chi connectivity index (χ0) is 16.8. The number of hydrogen-bond acceptors (Lipinski definition) is 6. The third-order valence-corrected chi connectivity index (χ3v) is 5.38. The zero-order valence-electron chi connectivity index (χ0n) is 13.8. The summed E-state index contributed by atoms with van der Waals surface area (Å²) in [5.74, 6) is 1.41. The molecule has 1 heterocycles. The van der Waals surface area contributed by atoms with E-state index in [9.17, 15) is 4.79 Å². The van der Waals surface area contributed by atoms with E-state index in [0.717, 1.165) is 23.3 Å². The number of thioether (sulfide) groups is 2. The fourth-order valence-electron chi connectivity index (χ4n) is 1.99. The number of nitrogens with zero attached hydrogens (tertiary/aromatic N) is 3. The Morgan fingerprint density at radius 3 is 2.61 bits per heavy atom. The largest absolute Gasteiger partial charge is 0.468 e. The van der Waals surface area contributed by atoms with Gasteiger partial charge in [-0.25, -0.2) is 0 Å². The highest BCUT2D eigenvalue weighted by molar-refractivity contribution is 8.00. The topological polar surface area (TPSA) is 57.0 Å². The first-order valence-electron chi connectivity index (χ1n) is 7.41. The van der Waals surface area contributed by atoms with Crippen molar-refractivity contribution in [3.8, 4) is 0 Å². The van der Waals surface area contributed by atoms with Gasteiger partial charge in [0, 0.05) is 11.4 Å². The third-order valence-electron chi connectivity index (χ3n) is 3.31. The number of ether oxygens (including phenoxy) is 1. The third kappa shape index (κ3) is 4.75. The first-order valence-corrected chi connectivity index (χ1v) is 9.27. The molecule has 0 spiro atoms. The average molecular weight is 351 g/mol. The maximum absolute atomic E-state index is 11.6. The highest BCUT2D eigenvalue weighted by Gasteiger charge is 2.20. The number of rotatable bonds is 7. The Hall–Kier alpha value is -1.47. The normalized spacial score (nSPS) is 12.2. The van der Waals surface area contributed by atoms with E-state index in [0.29, 0.717) is 0 Å². The van der Waals surface area contributed by atoms with Crippen LogP contribution in [0.3, 0.4) is 0 Å². The van der Waals surface area contributed by atoms with Gasteiger partial charge in [-0.3, -0.25) is 4.79 Å². The Morgan fingerprint density at radius 2 is 2.00 bits per heavy atom. The van der Waals surface area contributed by atoms with Crippen molar-refractivity contribution < 1.29 is 9.53 Å². The van der Waals surface area contributed by atoms with Crippen LogP contribution in [-0.4, -0.2) is 33.1 Å². The lowest BCUT2D eigenvalue weighted by molar-refractivity contribution is -0.139. The van der Waals surface area contributed by atoms with Gasteiger partial charge in [0.2, 0.25) is 0 Å². The van der Waals surface area contributed by atoms with Gasteiger partial charge in [-0.05, 0) is 32.9 Å². The van der Waals surface area contributed by atoms with Gasteiger partial charge in [0.25, 0.3) is 0 Å². The van der Waals surface area contributed by atoms with Crippen LogP contribution < -0.4 is 0 Å². The van der Waals surface area contributed by atoms with Gasteiger partial charge in [0.05, 0.1) is 12.9 Å². The minimum atomic E-state index is -0.299. The molecule has 23 heavy (non-hydrogen) atoms. The Balaban J connectivity index is 2.05. The lowest BCUT2D eigenvalue weighted by Crippen LogP contribution is -2.16. The summed E-state index contributed by atoms with van der Waals surface area (Å²) in [6, 6.07) is 8.43. The summed E-state index contributed by atoms with van der Waals surface area (Å²) in [4.78, 5) is 12.8. The van der Waals surface area contributed by atoms with E-state index in [4.69, 9.17) is 4.74 Å². The van der Waals surface area contributed by atoms with Gasteiger partial charge in [-0.1, -0.05) is 29.5 Å². The number of hydrogen-bond donors (Lipinski definition) is 0. The number of carbonyl (C=O) groups is 1. The van der Waals surface area contributed by atoms with Crippen LogP contribution in [-0.2, 0) is 21.8 Å². The second-order valence-electron chi connectivity index (χ2n) is 5.03. The molecule has 7 heteroatoms. The molecule has 0 aliphatic carbocycles. The molecule has 0 saturated heterocycles. The quantitative estimate of drug-likeness (QED) is 0.562. The van der Waals surface area contributed by atoms with Crippen molar-refractivity contribution in [1.29, 1.82) is 0 Å². The number of esters is 1. The van der Waals surface area contributed by atoms with Crippen LogP contribution in [0, 0.1) is 6.92 Å². The molecule has 0 fully saturated rings. The Bertz CT molecular complexity index is 656. The van der Waals surface area contributed by atoms with Gasteiger partial charge in [0.1, 0.15) is 11.1 Å². The molecule has 5 nitrogen and oxygen atoms in total. The molecule has 1 aromatic carbocycles. The maximum atomic E-state index is 11.6. The van der Waals surface area contributed by atoms with E-state index in [1.165, 1.54) is 29.3 Å². The van der Waals surface area contributed by atoms with Crippen molar-refractivity contribution in [3.05, 3.63) is 35.7 Å². The second-order valence-corrected chi connectivity index (χ2v) is 7.38. The highest BCUT2D eigenvalue weighted by Crippen LogP contribution is 2.27. The number of aryl methyl sites for hydroxylation is 1. The Morgan fingerprint density at radius 1 is 1.30 bits per heavy atom. The SMILES string of the molecule is CCn1c(CSc2ccc(C)cc2)nnc1SC(C)C(=O)OC. The Kier molecular flexibility index (Phi) is 6.53. The predicted octanol–water partition coefficient (Wildman–Crippen LogP) is 3.55. The summed E-state index contributed by atoms with van der Waals surface area (Å²) >= 11 is 3.11. The van der Waals surface area contributed by atoms with Gasteiger partial charge in [-0.2, -0.15) is 0 Å². The second kappa shape index (κ2) is 8.40. The highest BCUT2D eigenvalue weighted by atomic mass is 32.2. The Labute approximate surface area is 145 Å². The summed E-state index contributed by atoms with van der Waals surface area (Å²) in [5.41, 5.74) is 1.25. The number of aromatic nitrogens is 3. The molecule has 1 aromatic heterocycles. The molecular formula is C16H21N3O2S2. The smallest absolute Gasteiger partial charge is 0.318 e. The molecule has 124 valence electrons. The molecule has 1 unspecified atom stereocenters. The van der Waals surface area contributed by atoms with Gasteiger partial charge < -0.3 is 9.30 Å². The summed E-state index contributed by atoms with van der Waals surface area (Å²) in [6.45, 7) is 6.71. The van der Waals surface area contributed by atoms with Crippen molar-refractivity contribution in [3.63, 3.8) is 0 Å². The maximum Gasteiger partial charge on any atom is 0.318 e. The monoisotopic (exact) mass is 351 g/mol. The van der Waals surface area contributed by atoms with Crippen molar-refractivity contribution in [2.45, 2.75) is 48.4 Å². The van der Waals surface area contributed by atoms with Crippen molar-refractivity contribution in [2.75, 3.05) is 7.11 Å². The fourth-order valence-corrected chi connectivity index (χ4v) is 3.78. The van der Waals surface area contributed by atoms with E-state index in [1.807, 2.05) is 11.5 Å². The summed E-state index contributed by atoms with van der Waals surface area (Å²) < 4.78 is 6.81. The van der Waals surface area contributed by atoms with Gasteiger partial charge in [0.15, 0.2) is 5.16 Å². The predicted molar refractivity (Wildman–Crippen MR) is 93.8 cm³/mol. The minimum absolute atomic E-state index is 0.253. The molecule has 1 atom stereocenters. The van der Waals surface area contributed by atoms with E-state index in [2.05, 4.69) is 48.3 Å². The van der Waals surface area contributed by atoms with Crippen LogP contribution in [0.25, 0.3) is 0 Å². The minimum Gasteiger partial charge on any atom is -0.468 e. The summed E-state index contributed by atoms with van der Waals surface area (Å²) in [6.07, 6.45) is 0. The van der Waals surface area contributed by atoms with Gasteiger partial charge >= 0.3 is 5.97 Å². The summed E-state index contributed by atoms with van der Waals surface area (Å²) in [7, 11) is 1.40. The lowest BCUT2D eigenvalue weighted by atomic mass is 10.2. The van der Waals surface area contributed by atoms with Crippen LogP contribution in [0.5, 0.6) is 0 Å². The van der Waals surface area contributed by atoms with Crippen LogP contribution in [0.2, 0.25) is 0 Å². The van der Waals surface area contributed by atoms with Crippen LogP contribution in [0.4, 0.5) is 0 Å². The fraction of sp³-hybridized carbons (Fsp3) is 0.438. The van der Waals surface area contributed by atoms with E-state index in [-0.39, 0.29) is 11.2 Å². The molecule has 0 amide bonds. The van der Waals surface area contributed by atoms with Crippen molar-refractivity contribution >= 4 is 29.5 Å². The first-order chi connectivity index (χ1) is 11.0. The van der Waals surface area contributed by atoms with Crippen LogP contribution >= 0.6 is 23.5 Å². The summed E-state index contributed by atoms with van der Waals surface area (Å²) in [5, 5.41) is 8.96. The first kappa shape index (κ1) is 17.9. The van der Waals surface area contributed by atoms with Crippen molar-refractivity contribution in [1.82, 2.24) is 14.8 Å². The molecule has 0 N–H and O–H groups in total. The number of methoxy groups -OCH3 is 1. The molecule has 2 aromatic rings. The number of benzene rings is 1. The zero-order valence-corrected chi connectivity index (χ0v) is 15.4. The van der Waals surface area contributed by atoms with Crippen LogP contribution in [0.15, 0.2) is 34.3 Å². The molecule has 0 aliphatic heterocycles. The number of carbonyl (C=O) groups excluding carboxylic acids is 1. The molecule has 0 bridgehead atoms. The van der Waals surface area contributed by atoms with E-state index >= 15 is 0 Å². The van der Waals surface area contributed by atoms with E-state index in [1.54, 1.807) is 11.8 Å². The molecule has 0 saturated carbocycles. The van der Waals surface area contributed by atoms with Crippen molar-refractivity contribution in [2.24, 2.45) is 0 Å². The molecular weight excluding hydrogens is 330 g/mol. The van der Waals surface area contributed by atoms with E-state index < -0.39 is 0 Å². The average Bonchev–Trinajstić information content (AvgIpc) is 2.95. The van der Waals surface area contributed by atoms with Gasteiger partial charge in [-0.15, -0.1) is 22.0 Å². The lowest BCUT2D eigenvalue weighted by Gasteiger charge is -2.10. The molecule has 0 radical (unpaired) electrons. The molecule has 0 aliphatic rings.